The van der Waals surface area contributed by atoms with Crippen molar-refractivity contribution in [2.75, 3.05) is 17.3 Å². The van der Waals surface area contributed by atoms with E-state index >= 15 is 0 Å². The lowest BCUT2D eigenvalue weighted by atomic mass is 10.3. The summed E-state index contributed by atoms with van der Waals surface area (Å²) < 4.78 is 0. The molecule has 2 atom stereocenters. The molecule has 6 rings (SSSR count). The summed E-state index contributed by atoms with van der Waals surface area (Å²) in [5, 5.41) is 0. The second kappa shape index (κ2) is 19.1. The van der Waals surface area contributed by atoms with E-state index in [0.717, 1.165) is 0 Å². The minimum Gasteiger partial charge on any atom is -0.0901 e. The predicted molar refractivity (Wildman–Crippen MR) is 224 cm³/mol. The normalized spacial score (nSPS) is 13.1. The third kappa shape index (κ3) is 9.89. The highest BCUT2D eigenvalue weighted by molar-refractivity contribution is 8.00. The van der Waals surface area contributed by atoms with Crippen LogP contribution in [0, 0.1) is 0 Å². The van der Waals surface area contributed by atoms with Gasteiger partial charge in [0.15, 0.2) is 29.4 Å². The van der Waals surface area contributed by atoms with Gasteiger partial charge in [-0.15, -0.1) is 0 Å². The largest absolute Gasteiger partial charge is 0.160 e. The van der Waals surface area contributed by atoms with Gasteiger partial charge >= 0.3 is 0 Å². The number of hydrogen-bond acceptors (Lipinski definition) is 2. The molecule has 254 valence electrons. The maximum absolute atomic E-state index is 2.36. The van der Waals surface area contributed by atoms with E-state index in [2.05, 4.69) is 178 Å². The molecule has 6 aromatic carbocycles. The SMILES string of the molecule is CCC[S+](c1ccccc1)c1ccc(Sc2ccc([S+](CCC)c3ccc(Sc4ccc([S+](CCC)c5ccccc5)cc4)cc3)cc2)cc1. The highest BCUT2D eigenvalue weighted by Gasteiger charge is 2.26. The Balaban J connectivity index is 1.09. The molecule has 0 fully saturated rings. The van der Waals surface area contributed by atoms with E-state index in [1.165, 1.54) is 85.5 Å². The maximum atomic E-state index is 2.36. The first-order chi connectivity index (χ1) is 24.6. The lowest BCUT2D eigenvalue weighted by Crippen LogP contribution is -2.08. The summed E-state index contributed by atoms with van der Waals surface area (Å²) in [5.41, 5.74) is 0. The first-order valence-electron chi connectivity index (χ1n) is 17.6. The molecule has 6 aromatic rings. The van der Waals surface area contributed by atoms with E-state index in [4.69, 9.17) is 0 Å². The first-order valence-corrected chi connectivity index (χ1v) is 23.4. The van der Waals surface area contributed by atoms with E-state index in [0.29, 0.717) is 0 Å². The minimum atomic E-state index is 0.0650. The van der Waals surface area contributed by atoms with E-state index < -0.39 is 0 Å². The Morgan fingerprint density at radius 3 is 0.740 bits per heavy atom. The molecule has 2 unspecified atom stereocenters. The third-order valence-electron chi connectivity index (χ3n) is 8.18. The zero-order valence-corrected chi connectivity index (χ0v) is 33.4. The van der Waals surface area contributed by atoms with Crippen LogP contribution in [0.25, 0.3) is 0 Å². The molecule has 0 bridgehead atoms. The van der Waals surface area contributed by atoms with Crippen LogP contribution in [0.4, 0.5) is 0 Å². The van der Waals surface area contributed by atoms with E-state index in [-0.39, 0.29) is 32.7 Å². The van der Waals surface area contributed by atoms with E-state index in [1.54, 1.807) is 0 Å². The maximum Gasteiger partial charge on any atom is 0.160 e. The van der Waals surface area contributed by atoms with Gasteiger partial charge in [0, 0.05) is 19.6 Å². The van der Waals surface area contributed by atoms with Crippen LogP contribution in [0.1, 0.15) is 40.0 Å². The molecule has 0 amide bonds. The van der Waals surface area contributed by atoms with Gasteiger partial charge in [-0.05, 0) is 141 Å². The van der Waals surface area contributed by atoms with Gasteiger partial charge in [-0.25, -0.2) is 0 Å². The van der Waals surface area contributed by atoms with Gasteiger partial charge in [-0.3, -0.25) is 0 Å². The van der Waals surface area contributed by atoms with Crippen molar-refractivity contribution in [2.24, 2.45) is 0 Å². The van der Waals surface area contributed by atoms with Crippen molar-refractivity contribution in [1.29, 1.82) is 0 Å². The average Bonchev–Trinajstić information content (AvgIpc) is 3.17. The van der Waals surface area contributed by atoms with Gasteiger partial charge in [0.05, 0.1) is 32.7 Å². The van der Waals surface area contributed by atoms with Crippen LogP contribution >= 0.6 is 23.5 Å². The second-order valence-corrected chi connectivity index (χ2v) is 20.7. The standard InChI is InChI=1S/C45H47S5/c1-4-33-48(40-13-9-7-10-14-40)42-25-17-36(18-26-42)46-38-21-29-44(30-22-38)50(35-6-3)45-31-23-39(24-32-45)47-37-19-27-43(28-20-37)49(34-5-2)41-15-11-8-12-16-41/h7-32H,4-6,33-35H2,1-3H3/q+3. The van der Waals surface area contributed by atoms with Crippen LogP contribution in [0.3, 0.4) is 0 Å². The van der Waals surface area contributed by atoms with Crippen LogP contribution in [0.15, 0.2) is 207 Å². The molecule has 0 saturated heterocycles. The molecule has 0 aliphatic heterocycles. The fourth-order valence-corrected chi connectivity index (χ4v) is 13.8. The van der Waals surface area contributed by atoms with Crippen LogP contribution in [-0.4, -0.2) is 17.3 Å². The van der Waals surface area contributed by atoms with Gasteiger partial charge in [0.1, 0.15) is 17.3 Å². The quantitative estimate of drug-likeness (QED) is 0.0904. The van der Waals surface area contributed by atoms with Gasteiger partial charge in [-0.1, -0.05) is 80.7 Å². The molecule has 0 heterocycles. The molecule has 0 spiro atoms. The van der Waals surface area contributed by atoms with Crippen molar-refractivity contribution < 1.29 is 0 Å². The molecule has 0 saturated carbocycles. The van der Waals surface area contributed by atoms with Crippen LogP contribution < -0.4 is 0 Å². The summed E-state index contributed by atoms with van der Waals surface area (Å²) in [7, 11) is 0.333. The third-order valence-corrected chi connectivity index (χ3v) is 17.7. The Kier molecular flexibility index (Phi) is 14.0. The van der Waals surface area contributed by atoms with Crippen LogP contribution in [0.5, 0.6) is 0 Å². The topological polar surface area (TPSA) is 0 Å². The molecule has 0 radical (unpaired) electrons. The molecule has 0 aliphatic rings. The zero-order chi connectivity index (χ0) is 34.5. The van der Waals surface area contributed by atoms with Crippen LogP contribution in [-0.2, 0) is 32.7 Å². The molecule has 0 aromatic heterocycles. The number of benzene rings is 6. The second-order valence-electron chi connectivity index (χ2n) is 12.0. The van der Waals surface area contributed by atoms with Crippen molar-refractivity contribution >= 4 is 56.2 Å². The van der Waals surface area contributed by atoms with Crippen molar-refractivity contribution in [3.63, 3.8) is 0 Å². The van der Waals surface area contributed by atoms with E-state index in [9.17, 15) is 0 Å². The molecule has 0 N–H and O–H groups in total. The number of hydrogen-bond donors (Lipinski definition) is 0. The first kappa shape index (κ1) is 36.8. The van der Waals surface area contributed by atoms with E-state index in [1.807, 2.05) is 23.5 Å². The smallest absolute Gasteiger partial charge is 0.0901 e. The Hall–Kier alpha value is -2.93. The number of rotatable bonds is 16. The molecule has 5 heteroatoms. The van der Waals surface area contributed by atoms with Crippen LogP contribution in [0.2, 0.25) is 0 Å². The molecule has 0 aliphatic carbocycles. The lowest BCUT2D eigenvalue weighted by Gasteiger charge is -2.10. The Morgan fingerprint density at radius 1 is 0.300 bits per heavy atom. The summed E-state index contributed by atoms with van der Waals surface area (Å²) >= 11 is 3.71. The zero-order valence-electron chi connectivity index (χ0n) is 29.3. The summed E-state index contributed by atoms with van der Waals surface area (Å²) in [4.78, 5) is 13.8. The molecule has 50 heavy (non-hydrogen) atoms. The fourth-order valence-electron chi connectivity index (χ4n) is 5.86. The van der Waals surface area contributed by atoms with Gasteiger partial charge < -0.3 is 0 Å². The Bertz CT molecular complexity index is 1720. The summed E-state index contributed by atoms with van der Waals surface area (Å²) in [6.07, 6.45) is 3.54. The van der Waals surface area contributed by atoms with Gasteiger partial charge in [-0.2, -0.15) is 0 Å². The molecular formula is C45H47S5+3. The fraction of sp³-hybridized carbons (Fsp3) is 0.200. The average molecular weight is 748 g/mol. The lowest BCUT2D eigenvalue weighted by molar-refractivity contribution is 1.09. The highest BCUT2D eigenvalue weighted by atomic mass is 32.2. The molecule has 0 nitrogen and oxygen atoms in total. The Morgan fingerprint density at radius 2 is 0.520 bits per heavy atom. The molecular weight excluding hydrogens is 701 g/mol. The van der Waals surface area contributed by atoms with Crippen molar-refractivity contribution in [1.82, 2.24) is 0 Å². The monoisotopic (exact) mass is 747 g/mol. The predicted octanol–water partition coefficient (Wildman–Crippen LogP) is 13.3. The van der Waals surface area contributed by atoms with Gasteiger partial charge in [0.2, 0.25) is 0 Å². The highest BCUT2D eigenvalue weighted by Crippen LogP contribution is 2.35. The van der Waals surface area contributed by atoms with Crippen molar-refractivity contribution in [3.05, 3.63) is 158 Å². The van der Waals surface area contributed by atoms with Crippen molar-refractivity contribution in [3.8, 4) is 0 Å². The van der Waals surface area contributed by atoms with Crippen molar-refractivity contribution in [2.45, 2.75) is 89.0 Å². The summed E-state index contributed by atoms with van der Waals surface area (Å²) in [6.45, 7) is 6.87. The summed E-state index contributed by atoms with van der Waals surface area (Å²) in [5.74, 6) is 3.56. The Labute approximate surface area is 318 Å². The summed E-state index contributed by atoms with van der Waals surface area (Å²) in [6, 6.07) is 59.2. The van der Waals surface area contributed by atoms with Gasteiger partial charge in [0.25, 0.3) is 0 Å². The minimum absolute atomic E-state index is 0.0650.